The second-order valence-electron chi connectivity index (χ2n) is 7.11. The molecule has 1 aromatic carbocycles. The molecule has 0 spiro atoms. The minimum Gasteiger partial charge on any atom is -0.401 e. The maximum Gasteiger partial charge on any atom is 0.252 e. The number of aliphatic hydroxyl groups is 1. The Kier molecular flexibility index (Phi) is 12.5. The van der Waals surface area contributed by atoms with Gasteiger partial charge in [-0.2, -0.15) is 0 Å². The van der Waals surface area contributed by atoms with E-state index in [9.17, 15) is 13.6 Å². The molecule has 186 valence electrons. The van der Waals surface area contributed by atoms with Gasteiger partial charge in [0.15, 0.2) is 0 Å². The van der Waals surface area contributed by atoms with E-state index in [0.29, 0.717) is 23.3 Å². The van der Waals surface area contributed by atoms with E-state index in [1.54, 1.807) is 12.3 Å². The van der Waals surface area contributed by atoms with E-state index in [4.69, 9.17) is 16.6 Å². The third-order valence-electron chi connectivity index (χ3n) is 5.09. The summed E-state index contributed by atoms with van der Waals surface area (Å²) in [5.41, 5.74) is 14.5. The third kappa shape index (κ3) is 7.38. The molecule has 0 saturated carbocycles. The minimum absolute atomic E-state index is 0.0283. The maximum absolute atomic E-state index is 14.0. The van der Waals surface area contributed by atoms with Crippen molar-refractivity contribution >= 4 is 11.6 Å². The first-order valence-corrected chi connectivity index (χ1v) is 11.7. The summed E-state index contributed by atoms with van der Waals surface area (Å²) in [5, 5.41) is 11.4. The van der Waals surface area contributed by atoms with Gasteiger partial charge in [0.05, 0.1) is 17.7 Å². The Morgan fingerprint density at radius 1 is 1.21 bits per heavy atom. The first-order valence-electron chi connectivity index (χ1n) is 11.7. The number of hydrogen-bond donors (Lipinski definition) is 4. The van der Waals surface area contributed by atoms with Gasteiger partial charge in [-0.25, -0.2) is 8.78 Å². The molecule has 0 saturated heterocycles. The van der Waals surface area contributed by atoms with Gasteiger partial charge in [-0.15, -0.1) is 0 Å². The van der Waals surface area contributed by atoms with Gasteiger partial charge in [0.25, 0.3) is 5.91 Å². The van der Waals surface area contributed by atoms with Crippen LogP contribution in [0.1, 0.15) is 74.4 Å². The molecule has 0 fully saturated rings. The average Bonchev–Trinajstić information content (AvgIpc) is 2.86. The van der Waals surface area contributed by atoms with Crippen molar-refractivity contribution in [3.63, 3.8) is 0 Å². The van der Waals surface area contributed by atoms with Crippen LogP contribution in [-0.4, -0.2) is 29.1 Å². The highest BCUT2D eigenvalue weighted by molar-refractivity contribution is 5.94. The summed E-state index contributed by atoms with van der Waals surface area (Å²) >= 11 is 0. The number of aliphatic hydroxyl groups excluding tert-OH is 1. The number of nitrogens with one attached hydrogen (secondary N) is 1. The lowest BCUT2D eigenvalue weighted by atomic mass is 9.82. The number of benzene rings is 1. The highest BCUT2D eigenvalue weighted by atomic mass is 19.1. The van der Waals surface area contributed by atoms with Crippen molar-refractivity contribution in [1.82, 2.24) is 10.3 Å². The van der Waals surface area contributed by atoms with Gasteiger partial charge in [0, 0.05) is 36.3 Å². The van der Waals surface area contributed by atoms with Gasteiger partial charge < -0.3 is 21.9 Å². The topological polar surface area (TPSA) is 114 Å². The first-order chi connectivity index (χ1) is 16.4. The van der Waals surface area contributed by atoms with Gasteiger partial charge in [0.1, 0.15) is 11.6 Å². The smallest absolute Gasteiger partial charge is 0.252 e. The number of allylic oxidation sites excluding steroid dienone is 3. The van der Waals surface area contributed by atoms with Gasteiger partial charge >= 0.3 is 0 Å². The predicted molar refractivity (Wildman–Crippen MR) is 133 cm³/mol. The second-order valence-corrected chi connectivity index (χ2v) is 7.11. The van der Waals surface area contributed by atoms with E-state index in [-0.39, 0.29) is 36.2 Å². The Morgan fingerprint density at radius 3 is 2.47 bits per heavy atom. The number of aromatic nitrogens is 1. The third-order valence-corrected chi connectivity index (χ3v) is 5.09. The average molecular weight is 475 g/mol. The zero-order chi connectivity index (χ0) is 25.7. The van der Waals surface area contributed by atoms with Crippen LogP contribution in [0.4, 0.5) is 8.78 Å². The summed E-state index contributed by atoms with van der Waals surface area (Å²) in [6.45, 7) is 7.99. The Hall–Kier alpha value is -3.26. The van der Waals surface area contributed by atoms with Crippen LogP contribution in [0.25, 0.3) is 5.70 Å². The van der Waals surface area contributed by atoms with Gasteiger partial charge in [0.2, 0.25) is 0 Å². The largest absolute Gasteiger partial charge is 0.401 e. The van der Waals surface area contributed by atoms with Crippen LogP contribution in [0.3, 0.4) is 0 Å². The molecule has 1 amide bonds. The van der Waals surface area contributed by atoms with Crippen molar-refractivity contribution in [2.24, 2.45) is 11.5 Å². The number of hydrogen-bond acceptors (Lipinski definition) is 5. The number of carbonyl (C=O) groups excluding carboxylic acids is 1. The molecule has 1 heterocycles. The Morgan fingerprint density at radius 2 is 1.85 bits per heavy atom. The Balaban J connectivity index is 0.00000137. The molecule has 0 radical (unpaired) electrons. The molecule has 3 rings (SSSR count). The molecule has 6 N–H and O–H groups in total. The first kappa shape index (κ1) is 28.8. The summed E-state index contributed by atoms with van der Waals surface area (Å²) in [5.74, 6) is -2.00. The zero-order valence-electron chi connectivity index (χ0n) is 20.4. The molecular weight excluding hydrogens is 438 g/mol. The number of nitrogens with two attached hydrogens (primary N) is 2. The van der Waals surface area contributed by atoms with Crippen LogP contribution in [0.2, 0.25) is 0 Å². The highest BCUT2D eigenvalue weighted by Crippen LogP contribution is 2.36. The molecule has 1 unspecified atom stereocenters. The standard InChI is InChI=1S/C22H24F2N4O2.2C2H6/c23-17-5-2-6-18(24)20(17)19(25)10-13-3-1-4-16(21(13)26)14-9-15(12-27-11-14)22(30)28-7-8-29;2*1-2/h2,5-6,9-12,16,29H,1,3-4,7-8,25-26H2,(H,28,30);2*1-2H3/b19-10-;;. The molecular formula is C26H36F2N4O2. The van der Waals surface area contributed by atoms with Crippen LogP contribution < -0.4 is 16.8 Å². The maximum atomic E-state index is 14.0. The van der Waals surface area contributed by atoms with Crippen molar-refractivity contribution in [3.05, 3.63) is 82.3 Å². The van der Waals surface area contributed by atoms with E-state index in [1.807, 2.05) is 27.7 Å². The van der Waals surface area contributed by atoms with Gasteiger partial charge in [-0.1, -0.05) is 33.8 Å². The lowest BCUT2D eigenvalue weighted by molar-refractivity contribution is 0.0944. The SMILES string of the molecule is CC.CC.NC1=C(/C=C(\N)c2c(F)cccc2F)CCCC1c1cncc(C(=O)NCCO)c1. The van der Waals surface area contributed by atoms with Crippen molar-refractivity contribution in [2.45, 2.75) is 52.9 Å². The number of rotatable bonds is 6. The van der Waals surface area contributed by atoms with E-state index < -0.39 is 11.6 Å². The fourth-order valence-corrected chi connectivity index (χ4v) is 3.60. The summed E-state index contributed by atoms with van der Waals surface area (Å²) in [6, 6.07) is 5.30. The van der Waals surface area contributed by atoms with E-state index in [2.05, 4.69) is 10.3 Å². The van der Waals surface area contributed by atoms with Gasteiger partial charge in [-0.3, -0.25) is 9.78 Å². The Labute approximate surface area is 200 Å². The zero-order valence-corrected chi connectivity index (χ0v) is 20.4. The Bertz CT molecular complexity index is 986. The predicted octanol–water partition coefficient (Wildman–Crippen LogP) is 4.61. The molecule has 1 aliphatic carbocycles. The molecule has 8 heteroatoms. The normalized spacial score (nSPS) is 15.5. The van der Waals surface area contributed by atoms with Crippen molar-refractivity contribution in [2.75, 3.05) is 13.2 Å². The van der Waals surface area contributed by atoms with Crippen molar-refractivity contribution in [3.8, 4) is 0 Å². The van der Waals surface area contributed by atoms with Crippen LogP contribution in [-0.2, 0) is 0 Å². The van der Waals surface area contributed by atoms with E-state index >= 15 is 0 Å². The van der Waals surface area contributed by atoms with Crippen LogP contribution in [0.15, 0.2) is 54.0 Å². The molecule has 0 aliphatic heterocycles. The number of halogens is 2. The fraction of sp³-hybridized carbons (Fsp3) is 0.385. The van der Waals surface area contributed by atoms with Gasteiger partial charge in [-0.05, 0) is 54.7 Å². The molecule has 1 aromatic heterocycles. The molecule has 1 aliphatic rings. The van der Waals surface area contributed by atoms with Crippen molar-refractivity contribution < 1.29 is 18.7 Å². The number of amides is 1. The monoisotopic (exact) mass is 474 g/mol. The lowest BCUT2D eigenvalue weighted by Gasteiger charge is -2.25. The summed E-state index contributed by atoms with van der Waals surface area (Å²) in [6.07, 6.45) is 6.79. The molecule has 34 heavy (non-hydrogen) atoms. The van der Waals surface area contributed by atoms with Crippen LogP contribution in [0.5, 0.6) is 0 Å². The number of nitrogens with zero attached hydrogens (tertiary/aromatic N) is 1. The van der Waals surface area contributed by atoms with E-state index in [0.717, 1.165) is 30.5 Å². The summed E-state index contributed by atoms with van der Waals surface area (Å²) in [7, 11) is 0. The van der Waals surface area contributed by atoms with Crippen LogP contribution in [0, 0.1) is 11.6 Å². The number of carbonyl (C=O) groups is 1. The molecule has 1 atom stereocenters. The second kappa shape index (κ2) is 14.8. The molecule has 2 aromatic rings. The minimum atomic E-state index is -0.735. The van der Waals surface area contributed by atoms with E-state index in [1.165, 1.54) is 18.3 Å². The van der Waals surface area contributed by atoms with Crippen molar-refractivity contribution in [1.29, 1.82) is 0 Å². The highest BCUT2D eigenvalue weighted by Gasteiger charge is 2.23. The lowest BCUT2D eigenvalue weighted by Crippen LogP contribution is -2.26. The quantitative estimate of drug-likeness (QED) is 0.488. The molecule has 6 nitrogen and oxygen atoms in total. The molecule has 0 bridgehead atoms. The number of pyridine rings is 1. The summed E-state index contributed by atoms with van der Waals surface area (Å²) < 4.78 is 28.1. The van der Waals surface area contributed by atoms with Crippen LogP contribution >= 0.6 is 0 Å². The fourth-order valence-electron chi connectivity index (χ4n) is 3.60. The summed E-state index contributed by atoms with van der Waals surface area (Å²) in [4.78, 5) is 16.3.